The van der Waals surface area contributed by atoms with Crippen molar-refractivity contribution in [3.63, 3.8) is 0 Å². The van der Waals surface area contributed by atoms with E-state index in [9.17, 15) is 23.2 Å². The third-order valence-electron chi connectivity index (χ3n) is 4.20. The highest BCUT2D eigenvalue weighted by molar-refractivity contribution is 6.09. The zero-order chi connectivity index (χ0) is 19.8. The van der Waals surface area contributed by atoms with Gasteiger partial charge in [-0.25, -0.2) is 13.6 Å². The molecule has 0 aliphatic carbocycles. The largest absolute Gasteiger partial charge is 0.497 e. The number of hydrogen-bond donors (Lipinski definition) is 2. The van der Waals surface area contributed by atoms with Gasteiger partial charge >= 0.3 is 6.03 Å². The smallest absolute Gasteiger partial charge is 0.344 e. The maximum absolute atomic E-state index is 13.3. The number of hydrogen-bond acceptors (Lipinski definition) is 4. The maximum atomic E-state index is 13.3. The molecule has 2 aromatic carbocycles. The summed E-state index contributed by atoms with van der Waals surface area (Å²) in [4.78, 5) is 37.1. The van der Waals surface area contributed by atoms with Gasteiger partial charge in [0.2, 0.25) is 0 Å². The lowest BCUT2D eigenvalue weighted by Gasteiger charge is -2.22. The highest BCUT2D eigenvalue weighted by atomic mass is 19.1. The summed E-state index contributed by atoms with van der Waals surface area (Å²) in [6, 6.07) is 7.76. The predicted octanol–water partition coefficient (Wildman–Crippen LogP) is 2.09. The molecular formula is C18H15F2N3O4. The molecule has 4 amide bonds. The summed E-state index contributed by atoms with van der Waals surface area (Å²) in [5, 5.41) is 2.98. The second-order valence-electron chi connectivity index (χ2n) is 6.02. The Bertz CT molecular complexity index is 912. The number of carbonyl (C=O) groups is 3. The number of urea groups is 1. The Morgan fingerprint density at radius 1 is 1.11 bits per heavy atom. The van der Waals surface area contributed by atoms with Crippen LogP contribution in [0.4, 0.5) is 13.6 Å². The van der Waals surface area contributed by atoms with Gasteiger partial charge < -0.3 is 10.1 Å². The number of ether oxygens (including phenoxy) is 1. The van der Waals surface area contributed by atoms with Crippen LogP contribution in [0.15, 0.2) is 42.5 Å². The van der Waals surface area contributed by atoms with E-state index in [-0.39, 0.29) is 5.56 Å². The van der Waals surface area contributed by atoms with E-state index in [1.54, 1.807) is 24.3 Å². The molecule has 1 fully saturated rings. The van der Waals surface area contributed by atoms with Crippen molar-refractivity contribution in [1.82, 2.24) is 15.8 Å². The highest BCUT2D eigenvalue weighted by Crippen LogP contribution is 2.29. The van der Waals surface area contributed by atoms with Crippen LogP contribution in [0.3, 0.4) is 0 Å². The Morgan fingerprint density at radius 2 is 1.70 bits per heavy atom. The van der Waals surface area contributed by atoms with Crippen molar-refractivity contribution in [3.8, 4) is 5.75 Å². The molecule has 2 aromatic rings. The first-order valence-corrected chi connectivity index (χ1v) is 7.83. The standard InChI is InChI=1S/C18H15F2N3O4/c1-18(11-3-5-14(27-2)6-4-11)16(25)23(17(26)21-18)22-15(24)10-7-12(19)9-13(20)8-10/h3-9H,1-2H3,(H,21,26)(H,22,24)/t18-/m0/s1. The molecule has 1 aliphatic heterocycles. The topological polar surface area (TPSA) is 87.7 Å². The van der Waals surface area contributed by atoms with Crippen molar-refractivity contribution in [1.29, 1.82) is 0 Å². The molecule has 1 atom stereocenters. The van der Waals surface area contributed by atoms with Crippen LogP contribution in [0.2, 0.25) is 0 Å². The molecule has 0 aromatic heterocycles. The zero-order valence-corrected chi connectivity index (χ0v) is 14.4. The van der Waals surface area contributed by atoms with Gasteiger partial charge in [-0.2, -0.15) is 5.01 Å². The minimum absolute atomic E-state index is 0.369. The van der Waals surface area contributed by atoms with Crippen LogP contribution in [0, 0.1) is 11.6 Å². The molecular weight excluding hydrogens is 360 g/mol. The molecule has 2 N–H and O–H groups in total. The number of nitrogens with one attached hydrogen (secondary N) is 2. The highest BCUT2D eigenvalue weighted by Gasteiger charge is 2.50. The molecule has 3 rings (SSSR count). The van der Waals surface area contributed by atoms with Crippen molar-refractivity contribution in [3.05, 3.63) is 65.2 Å². The minimum atomic E-state index is -1.43. The van der Waals surface area contributed by atoms with Gasteiger partial charge in [0.25, 0.3) is 11.8 Å². The Balaban J connectivity index is 1.84. The fourth-order valence-corrected chi connectivity index (χ4v) is 2.71. The van der Waals surface area contributed by atoms with Gasteiger partial charge in [0, 0.05) is 11.6 Å². The van der Waals surface area contributed by atoms with Gasteiger partial charge in [-0.1, -0.05) is 12.1 Å². The minimum Gasteiger partial charge on any atom is -0.497 e. The SMILES string of the molecule is COc1ccc([C@]2(C)NC(=O)N(NC(=O)c3cc(F)cc(F)c3)C2=O)cc1. The quantitative estimate of drug-likeness (QED) is 0.801. The number of hydrazine groups is 1. The molecule has 1 aliphatic rings. The van der Waals surface area contributed by atoms with Crippen LogP contribution in [0.5, 0.6) is 5.75 Å². The molecule has 1 heterocycles. The molecule has 7 nitrogen and oxygen atoms in total. The number of rotatable bonds is 4. The Kier molecular flexibility index (Phi) is 4.52. The molecule has 0 radical (unpaired) electrons. The lowest BCUT2D eigenvalue weighted by atomic mass is 9.92. The Hall–Kier alpha value is -3.49. The van der Waals surface area contributed by atoms with Crippen molar-refractivity contribution in [2.24, 2.45) is 0 Å². The van der Waals surface area contributed by atoms with E-state index in [1.165, 1.54) is 14.0 Å². The van der Waals surface area contributed by atoms with E-state index in [4.69, 9.17) is 4.74 Å². The Labute approximate surface area is 152 Å². The summed E-state index contributed by atoms with van der Waals surface area (Å²) in [6.07, 6.45) is 0. The summed E-state index contributed by atoms with van der Waals surface area (Å²) < 4.78 is 31.6. The van der Waals surface area contributed by atoms with E-state index >= 15 is 0 Å². The number of amides is 4. The number of carbonyl (C=O) groups excluding carboxylic acids is 3. The van der Waals surface area contributed by atoms with Gasteiger partial charge in [-0.05, 0) is 36.8 Å². The van der Waals surface area contributed by atoms with Gasteiger partial charge in [-0.15, -0.1) is 0 Å². The summed E-state index contributed by atoms with van der Waals surface area (Å²) >= 11 is 0. The van der Waals surface area contributed by atoms with E-state index in [2.05, 4.69) is 10.7 Å². The molecule has 0 saturated carbocycles. The van der Waals surface area contributed by atoms with Crippen molar-refractivity contribution in [2.45, 2.75) is 12.5 Å². The molecule has 140 valence electrons. The van der Waals surface area contributed by atoms with Gasteiger partial charge in [0.1, 0.15) is 22.9 Å². The maximum Gasteiger partial charge on any atom is 0.344 e. The van der Waals surface area contributed by atoms with Gasteiger partial charge in [0.15, 0.2) is 0 Å². The Morgan fingerprint density at radius 3 is 2.26 bits per heavy atom. The fraction of sp³-hybridized carbons (Fsp3) is 0.167. The van der Waals surface area contributed by atoms with Gasteiger partial charge in [0.05, 0.1) is 7.11 Å². The van der Waals surface area contributed by atoms with Crippen molar-refractivity contribution in [2.75, 3.05) is 7.11 Å². The normalized spacial score (nSPS) is 19.0. The van der Waals surface area contributed by atoms with E-state index in [0.29, 0.717) is 22.4 Å². The second kappa shape index (κ2) is 6.67. The molecule has 1 saturated heterocycles. The summed E-state index contributed by atoms with van der Waals surface area (Å²) in [6.45, 7) is 1.48. The lowest BCUT2D eigenvalue weighted by molar-refractivity contribution is -0.132. The molecule has 27 heavy (non-hydrogen) atoms. The first kappa shape index (κ1) is 18.3. The van der Waals surface area contributed by atoms with Crippen LogP contribution in [0.25, 0.3) is 0 Å². The number of imide groups is 1. The van der Waals surface area contributed by atoms with Crippen LogP contribution in [-0.4, -0.2) is 30.0 Å². The number of methoxy groups -OCH3 is 1. The average Bonchev–Trinajstić information content (AvgIpc) is 2.85. The van der Waals surface area contributed by atoms with Crippen molar-refractivity contribution >= 4 is 17.8 Å². The summed E-state index contributed by atoms with van der Waals surface area (Å²) in [5.41, 5.74) is 0.743. The first-order valence-electron chi connectivity index (χ1n) is 7.83. The molecule has 9 heteroatoms. The van der Waals surface area contributed by atoms with E-state index in [0.717, 1.165) is 12.1 Å². The third kappa shape index (κ3) is 3.31. The fourth-order valence-electron chi connectivity index (χ4n) is 2.71. The number of halogens is 2. The first-order chi connectivity index (χ1) is 12.7. The lowest BCUT2D eigenvalue weighted by Crippen LogP contribution is -2.48. The van der Waals surface area contributed by atoms with Crippen LogP contribution in [0.1, 0.15) is 22.8 Å². The average molecular weight is 375 g/mol. The third-order valence-corrected chi connectivity index (χ3v) is 4.20. The number of nitrogens with zero attached hydrogens (tertiary/aromatic N) is 1. The predicted molar refractivity (Wildman–Crippen MR) is 89.5 cm³/mol. The molecule has 0 spiro atoms. The molecule has 0 unspecified atom stereocenters. The van der Waals surface area contributed by atoms with Crippen LogP contribution >= 0.6 is 0 Å². The summed E-state index contributed by atoms with van der Waals surface area (Å²) in [7, 11) is 1.49. The van der Waals surface area contributed by atoms with Gasteiger partial charge in [-0.3, -0.25) is 15.0 Å². The monoisotopic (exact) mass is 375 g/mol. The van der Waals surface area contributed by atoms with Crippen LogP contribution in [-0.2, 0) is 10.3 Å². The van der Waals surface area contributed by atoms with E-state index in [1.807, 2.05) is 0 Å². The van der Waals surface area contributed by atoms with Crippen molar-refractivity contribution < 1.29 is 27.9 Å². The van der Waals surface area contributed by atoms with Crippen LogP contribution < -0.4 is 15.5 Å². The molecule has 0 bridgehead atoms. The second-order valence-corrected chi connectivity index (χ2v) is 6.02. The van der Waals surface area contributed by atoms with E-state index < -0.39 is 35.0 Å². The summed E-state index contributed by atoms with van der Waals surface area (Å²) in [5.74, 6) is -3.10. The zero-order valence-electron chi connectivity index (χ0n) is 14.4. The number of benzene rings is 2.